The fraction of sp³-hybridized carbons (Fsp3) is 0.176. The smallest absolute Gasteiger partial charge is 0.272 e. The summed E-state index contributed by atoms with van der Waals surface area (Å²) < 4.78 is 19.5. The summed E-state index contributed by atoms with van der Waals surface area (Å²) in [7, 11) is 0. The zero-order chi connectivity index (χ0) is 16.4. The summed E-state index contributed by atoms with van der Waals surface area (Å²) in [5, 5.41) is 8.06. The van der Waals surface area contributed by atoms with Crippen molar-refractivity contribution >= 4 is 17.3 Å². The van der Waals surface area contributed by atoms with Gasteiger partial charge in [0.2, 0.25) is 0 Å². The van der Waals surface area contributed by atoms with Crippen molar-refractivity contribution in [3.63, 3.8) is 0 Å². The summed E-state index contributed by atoms with van der Waals surface area (Å²) >= 11 is 0. The number of anilines is 1. The number of para-hydroxylation sites is 1. The Morgan fingerprint density at radius 3 is 2.83 bits per heavy atom. The molecule has 2 aromatic rings. The highest BCUT2D eigenvalue weighted by atomic mass is 19.1. The second kappa shape index (κ2) is 6.08. The fourth-order valence-corrected chi connectivity index (χ4v) is 2.57. The minimum absolute atomic E-state index is 0. The number of nitrogen functional groups attached to an aromatic ring is 1. The normalized spacial score (nSPS) is 13.7. The average Bonchev–Trinajstić information content (AvgIpc) is 2.76. The van der Waals surface area contributed by atoms with E-state index in [2.05, 4.69) is 0 Å². The predicted octanol–water partition coefficient (Wildman–Crippen LogP) is 2.44. The van der Waals surface area contributed by atoms with Gasteiger partial charge in [-0.25, -0.2) is 4.39 Å². The molecule has 3 rings (SSSR count). The molecule has 1 aliphatic heterocycles. The highest BCUT2D eigenvalue weighted by Crippen LogP contribution is 2.24. The van der Waals surface area contributed by atoms with Gasteiger partial charge >= 0.3 is 0 Å². The standard InChI is InChI=1S/C17H16FN3O2.H2/c18-12-5-3-6-13(19)15(12)16(20)17(22)21-8-9-23-14-7-2-1-4-11(14)10-21;/h1-7,20H,8-10,19H2;1H. The van der Waals surface area contributed by atoms with Crippen LogP contribution in [0.15, 0.2) is 42.5 Å². The Bertz CT molecular complexity index is 762. The number of hydrogen-bond donors (Lipinski definition) is 2. The van der Waals surface area contributed by atoms with Gasteiger partial charge in [0.25, 0.3) is 5.91 Å². The lowest BCUT2D eigenvalue weighted by atomic mass is 10.1. The van der Waals surface area contributed by atoms with E-state index in [0.29, 0.717) is 19.7 Å². The van der Waals surface area contributed by atoms with Crippen molar-refractivity contribution in [3.05, 3.63) is 59.4 Å². The van der Waals surface area contributed by atoms with Gasteiger partial charge in [-0.2, -0.15) is 0 Å². The van der Waals surface area contributed by atoms with Crippen LogP contribution in [-0.4, -0.2) is 29.7 Å². The number of rotatable bonds is 2. The molecule has 0 atom stereocenters. The van der Waals surface area contributed by atoms with E-state index in [4.69, 9.17) is 15.9 Å². The molecule has 2 aromatic carbocycles. The largest absolute Gasteiger partial charge is 0.491 e. The lowest BCUT2D eigenvalue weighted by Crippen LogP contribution is -2.38. The van der Waals surface area contributed by atoms with Crippen LogP contribution in [0.5, 0.6) is 5.75 Å². The van der Waals surface area contributed by atoms with Crippen LogP contribution < -0.4 is 10.5 Å². The predicted molar refractivity (Wildman–Crippen MR) is 87.1 cm³/mol. The van der Waals surface area contributed by atoms with Crippen molar-refractivity contribution < 1.29 is 15.3 Å². The zero-order valence-corrected chi connectivity index (χ0v) is 12.4. The third-order valence-electron chi connectivity index (χ3n) is 3.75. The molecule has 1 heterocycles. The molecule has 0 aliphatic carbocycles. The van der Waals surface area contributed by atoms with Crippen molar-refractivity contribution in [1.29, 1.82) is 5.41 Å². The number of ether oxygens (including phenoxy) is 1. The average molecular weight is 315 g/mol. The van der Waals surface area contributed by atoms with Crippen molar-refractivity contribution in [2.45, 2.75) is 6.54 Å². The van der Waals surface area contributed by atoms with Gasteiger partial charge in [-0.1, -0.05) is 24.3 Å². The van der Waals surface area contributed by atoms with Crippen LogP contribution in [0.1, 0.15) is 12.6 Å². The minimum atomic E-state index is -0.671. The second-order valence-electron chi connectivity index (χ2n) is 5.26. The third-order valence-corrected chi connectivity index (χ3v) is 3.75. The van der Waals surface area contributed by atoms with Crippen LogP contribution in [-0.2, 0) is 11.3 Å². The van der Waals surface area contributed by atoms with Crippen LogP contribution in [0.3, 0.4) is 0 Å². The number of amides is 1. The van der Waals surface area contributed by atoms with Crippen molar-refractivity contribution in [2.75, 3.05) is 18.9 Å². The third kappa shape index (κ3) is 2.88. The number of hydrogen-bond acceptors (Lipinski definition) is 4. The molecular weight excluding hydrogens is 297 g/mol. The van der Waals surface area contributed by atoms with Crippen LogP contribution in [0.2, 0.25) is 0 Å². The fourth-order valence-electron chi connectivity index (χ4n) is 2.57. The van der Waals surface area contributed by atoms with Gasteiger partial charge in [-0.15, -0.1) is 0 Å². The van der Waals surface area contributed by atoms with Gasteiger partial charge < -0.3 is 15.4 Å². The number of nitrogens with one attached hydrogen (secondary N) is 1. The first-order valence-corrected chi connectivity index (χ1v) is 7.21. The highest BCUT2D eigenvalue weighted by Gasteiger charge is 2.26. The summed E-state index contributed by atoms with van der Waals surface area (Å²) in [6, 6.07) is 11.5. The first kappa shape index (κ1) is 15.0. The van der Waals surface area contributed by atoms with Crippen molar-refractivity contribution in [3.8, 4) is 5.75 Å². The zero-order valence-electron chi connectivity index (χ0n) is 12.4. The molecule has 0 saturated heterocycles. The van der Waals surface area contributed by atoms with E-state index in [0.717, 1.165) is 11.3 Å². The maximum atomic E-state index is 13.9. The highest BCUT2D eigenvalue weighted by molar-refractivity contribution is 6.45. The van der Waals surface area contributed by atoms with E-state index in [1.807, 2.05) is 24.3 Å². The summed E-state index contributed by atoms with van der Waals surface area (Å²) in [4.78, 5) is 14.1. The Morgan fingerprint density at radius 1 is 1.26 bits per heavy atom. The van der Waals surface area contributed by atoms with Gasteiger partial charge in [0, 0.05) is 19.2 Å². The van der Waals surface area contributed by atoms with Gasteiger partial charge in [-0.05, 0) is 18.2 Å². The maximum Gasteiger partial charge on any atom is 0.272 e. The lowest BCUT2D eigenvalue weighted by molar-refractivity contribution is -0.124. The second-order valence-corrected chi connectivity index (χ2v) is 5.26. The van der Waals surface area contributed by atoms with Gasteiger partial charge in [-0.3, -0.25) is 10.2 Å². The monoisotopic (exact) mass is 315 g/mol. The minimum Gasteiger partial charge on any atom is -0.491 e. The van der Waals surface area contributed by atoms with E-state index in [1.165, 1.54) is 23.1 Å². The van der Waals surface area contributed by atoms with E-state index >= 15 is 0 Å². The first-order valence-electron chi connectivity index (χ1n) is 7.21. The Labute approximate surface area is 134 Å². The molecule has 0 radical (unpaired) electrons. The van der Waals surface area contributed by atoms with Gasteiger partial charge in [0.05, 0.1) is 12.1 Å². The number of nitrogens with zero attached hydrogens (tertiary/aromatic N) is 1. The molecule has 23 heavy (non-hydrogen) atoms. The first-order chi connectivity index (χ1) is 11.1. The summed E-state index contributed by atoms with van der Waals surface area (Å²) in [6.45, 7) is 0.957. The summed E-state index contributed by atoms with van der Waals surface area (Å²) in [6.07, 6.45) is 0. The Balaban J connectivity index is 0.00000208. The van der Waals surface area contributed by atoms with Crippen LogP contribution >= 0.6 is 0 Å². The molecule has 3 N–H and O–H groups in total. The van der Waals surface area contributed by atoms with E-state index < -0.39 is 17.4 Å². The molecule has 1 aliphatic rings. The molecule has 6 heteroatoms. The molecular formula is C17H18FN3O2. The topological polar surface area (TPSA) is 79.4 Å². The molecule has 0 saturated carbocycles. The molecule has 1 amide bonds. The van der Waals surface area contributed by atoms with Crippen LogP contribution in [0.4, 0.5) is 10.1 Å². The van der Waals surface area contributed by atoms with E-state index in [-0.39, 0.29) is 12.7 Å². The SMILES string of the molecule is N=C(C(=O)N1CCOc2ccccc2C1)c1c(N)cccc1F.[HH]. The van der Waals surface area contributed by atoms with Crippen LogP contribution in [0, 0.1) is 11.2 Å². The number of nitrogens with two attached hydrogens (primary N) is 1. The Kier molecular flexibility index (Phi) is 3.97. The molecule has 0 fully saturated rings. The molecule has 0 aromatic heterocycles. The number of carbonyl (C=O) groups is 1. The van der Waals surface area contributed by atoms with E-state index in [1.54, 1.807) is 0 Å². The number of carbonyl (C=O) groups excluding carboxylic acids is 1. The Morgan fingerprint density at radius 2 is 2.04 bits per heavy atom. The van der Waals surface area contributed by atoms with Crippen LogP contribution in [0.25, 0.3) is 0 Å². The molecule has 0 unspecified atom stereocenters. The lowest BCUT2D eigenvalue weighted by Gasteiger charge is -2.20. The maximum absolute atomic E-state index is 13.9. The number of benzene rings is 2. The quantitative estimate of drug-likeness (QED) is 0.660. The van der Waals surface area contributed by atoms with Crippen molar-refractivity contribution in [1.82, 2.24) is 4.90 Å². The molecule has 5 nitrogen and oxygen atoms in total. The summed E-state index contributed by atoms with van der Waals surface area (Å²) in [5.41, 5.74) is 6.05. The molecule has 0 spiro atoms. The molecule has 120 valence electrons. The Hall–Kier alpha value is -2.89. The number of halogens is 1. The molecule has 0 bridgehead atoms. The number of fused-ring (bicyclic) bond motifs is 1. The van der Waals surface area contributed by atoms with E-state index in [9.17, 15) is 9.18 Å². The van der Waals surface area contributed by atoms with Crippen molar-refractivity contribution in [2.24, 2.45) is 0 Å². The summed E-state index contributed by atoms with van der Waals surface area (Å²) in [5.74, 6) is -0.517. The van der Waals surface area contributed by atoms with Gasteiger partial charge in [0.15, 0.2) is 0 Å². The van der Waals surface area contributed by atoms with Gasteiger partial charge in [0.1, 0.15) is 23.9 Å².